The van der Waals surface area contributed by atoms with Gasteiger partial charge in [-0.2, -0.15) is 0 Å². The van der Waals surface area contributed by atoms with Crippen LogP contribution in [0.2, 0.25) is 0 Å². The molecule has 14 heteroatoms. The van der Waals surface area contributed by atoms with Crippen molar-refractivity contribution in [2.75, 3.05) is 32.7 Å². The van der Waals surface area contributed by atoms with Gasteiger partial charge in [0.25, 0.3) is 0 Å². The number of carbonyl (C=O) groups is 4. The van der Waals surface area contributed by atoms with Gasteiger partial charge in [-0.25, -0.2) is 4.79 Å². The molecule has 30 heavy (non-hydrogen) atoms. The third-order valence-corrected chi connectivity index (χ3v) is 3.39. The SMILES string of the molecule is O=C(O)CN(CCN(CC(=O)O)Cc1cccc(C(=O)O)c1)CC(=O)O.[Cl][Ru-][Cl].[K+]. The fourth-order valence-corrected chi connectivity index (χ4v) is 2.35. The van der Waals surface area contributed by atoms with Crippen LogP contribution >= 0.6 is 19.4 Å². The maximum Gasteiger partial charge on any atom is 1.00 e. The van der Waals surface area contributed by atoms with E-state index in [1.165, 1.54) is 21.9 Å². The molecule has 0 aliphatic heterocycles. The normalized spacial score (nSPS) is 10.1. The minimum Gasteiger partial charge on any atom is 1.00 e. The average molecular weight is 579 g/mol. The van der Waals surface area contributed by atoms with Gasteiger partial charge in [-0.1, -0.05) is 12.1 Å². The molecule has 4 N–H and O–H groups in total. The van der Waals surface area contributed by atoms with Crippen molar-refractivity contribution in [2.24, 2.45) is 0 Å². The van der Waals surface area contributed by atoms with E-state index in [4.69, 9.17) is 39.8 Å². The number of benzene rings is 1. The Hall–Kier alpha value is -0.140. The molecule has 1 rings (SSSR count). The number of hydrogen-bond donors (Lipinski definition) is 4. The summed E-state index contributed by atoms with van der Waals surface area (Å²) in [5, 5.41) is 35.7. The molecule has 0 bridgehead atoms. The Morgan fingerprint density at radius 2 is 1.27 bits per heavy atom. The van der Waals surface area contributed by atoms with Crippen LogP contribution in [-0.4, -0.2) is 86.8 Å². The summed E-state index contributed by atoms with van der Waals surface area (Å²) in [6.45, 7) is -1.06. The van der Waals surface area contributed by atoms with Crippen LogP contribution in [0.1, 0.15) is 15.9 Å². The first-order valence-corrected chi connectivity index (χ1v) is 12.3. The number of carboxylic acids is 4. The average Bonchev–Trinajstić information content (AvgIpc) is 2.59. The Balaban J connectivity index is 0. The van der Waals surface area contributed by atoms with Crippen LogP contribution in [-0.2, 0) is 36.1 Å². The van der Waals surface area contributed by atoms with Crippen molar-refractivity contribution in [3.8, 4) is 0 Å². The minimum absolute atomic E-state index is 0. The van der Waals surface area contributed by atoms with Crippen LogP contribution in [0.25, 0.3) is 0 Å². The van der Waals surface area contributed by atoms with Gasteiger partial charge in [-0.15, -0.1) is 0 Å². The van der Waals surface area contributed by atoms with Gasteiger partial charge < -0.3 is 20.4 Å². The number of rotatable bonds is 12. The summed E-state index contributed by atoms with van der Waals surface area (Å²) in [7, 11) is 9.71. The summed E-state index contributed by atoms with van der Waals surface area (Å²) in [6.07, 6.45) is 0. The van der Waals surface area contributed by atoms with E-state index in [1.54, 1.807) is 12.1 Å². The maximum absolute atomic E-state index is 11.0. The van der Waals surface area contributed by atoms with Gasteiger partial charge >= 0.3 is 110 Å². The van der Waals surface area contributed by atoms with Gasteiger partial charge in [0, 0.05) is 19.6 Å². The van der Waals surface area contributed by atoms with E-state index < -0.39 is 37.0 Å². The number of carboxylic acid groups (broad SMARTS) is 4. The molecular weight excluding hydrogens is 559 g/mol. The molecule has 0 atom stereocenters. The van der Waals surface area contributed by atoms with Gasteiger partial charge in [0.15, 0.2) is 0 Å². The first-order chi connectivity index (χ1) is 13.6. The zero-order chi connectivity index (χ0) is 22.4. The summed E-state index contributed by atoms with van der Waals surface area (Å²) in [5.41, 5.74) is 0.644. The van der Waals surface area contributed by atoms with Crippen molar-refractivity contribution in [3.63, 3.8) is 0 Å². The fourth-order valence-electron chi connectivity index (χ4n) is 2.35. The molecule has 0 heterocycles. The zero-order valence-electron chi connectivity index (χ0n) is 16.0. The van der Waals surface area contributed by atoms with Crippen molar-refractivity contribution in [1.82, 2.24) is 9.80 Å². The summed E-state index contributed by atoms with van der Waals surface area (Å²) in [4.78, 5) is 46.3. The van der Waals surface area contributed by atoms with Gasteiger partial charge in [0.05, 0.1) is 25.2 Å². The van der Waals surface area contributed by atoms with Crippen molar-refractivity contribution in [1.29, 1.82) is 0 Å². The van der Waals surface area contributed by atoms with Crippen LogP contribution in [0.5, 0.6) is 0 Å². The van der Waals surface area contributed by atoms with Crippen molar-refractivity contribution in [3.05, 3.63) is 35.4 Å². The van der Waals surface area contributed by atoms with Crippen molar-refractivity contribution >= 4 is 43.3 Å². The van der Waals surface area contributed by atoms with Crippen LogP contribution in [0, 0.1) is 0 Å². The molecule has 1 aromatic carbocycles. The summed E-state index contributed by atoms with van der Waals surface area (Å²) < 4.78 is 0. The molecule has 10 nitrogen and oxygen atoms in total. The van der Waals surface area contributed by atoms with E-state index in [9.17, 15) is 19.2 Å². The topological polar surface area (TPSA) is 156 Å². The Bertz CT molecular complexity index is 698. The molecule has 1 aromatic rings. The number of aliphatic carboxylic acids is 3. The second-order valence-corrected chi connectivity index (χ2v) is 8.30. The fraction of sp³-hybridized carbons (Fsp3) is 0.375. The molecule has 0 aromatic heterocycles. The van der Waals surface area contributed by atoms with E-state index in [0.29, 0.717) is 5.56 Å². The first-order valence-electron chi connectivity index (χ1n) is 7.86. The molecule has 0 fully saturated rings. The largest absolute Gasteiger partial charge is 1.00 e. The molecule has 0 unspecified atom stereocenters. The Labute approximate surface area is 231 Å². The second kappa shape index (κ2) is 18.4. The van der Waals surface area contributed by atoms with E-state index in [-0.39, 0.29) is 98.3 Å². The predicted molar refractivity (Wildman–Crippen MR) is 99.7 cm³/mol. The molecule has 0 aliphatic rings. The minimum atomic E-state index is -1.19. The van der Waals surface area contributed by atoms with Gasteiger partial charge in [-0.3, -0.25) is 24.2 Å². The summed E-state index contributed by atoms with van der Waals surface area (Å²) in [5.74, 6) is -4.59. The monoisotopic (exact) mass is 579 g/mol. The molecule has 165 valence electrons. The number of hydrogen-bond acceptors (Lipinski definition) is 6. The van der Waals surface area contributed by atoms with E-state index in [2.05, 4.69) is 0 Å². The van der Waals surface area contributed by atoms with Gasteiger partial charge in [-0.05, 0) is 17.7 Å². The molecular formula is C16H20Cl2KN2O8Ru. The van der Waals surface area contributed by atoms with Gasteiger partial charge in [0.2, 0.25) is 0 Å². The Kier molecular flexibility index (Phi) is 19.7. The summed E-state index contributed by atoms with van der Waals surface area (Å²) >= 11 is -0.346. The number of halogens is 2. The molecule has 0 spiro atoms. The standard InChI is InChI=1S/C16H20N2O8.2ClH.K.Ru/c19-13(20)8-17(4-5-18(9-14(21)22)10-15(23)24)7-11-2-1-3-12(6-11)16(25)26;;;;/h1-3,6H,4-5,7-10H2,(H,19,20)(H,21,22)(H,23,24)(H,25,26);2*1H;;/q;;;2*+1/p-2. The Morgan fingerprint density at radius 3 is 1.70 bits per heavy atom. The number of aromatic carboxylic acids is 1. The maximum atomic E-state index is 11.0. The molecule has 0 radical (unpaired) electrons. The molecule has 0 aliphatic carbocycles. The quantitative estimate of drug-likeness (QED) is 0.207. The van der Waals surface area contributed by atoms with E-state index >= 15 is 0 Å². The second-order valence-electron chi connectivity index (χ2n) is 5.66. The van der Waals surface area contributed by atoms with E-state index in [1.807, 2.05) is 0 Å². The van der Waals surface area contributed by atoms with Gasteiger partial charge in [0.1, 0.15) is 0 Å². The van der Waals surface area contributed by atoms with Crippen LogP contribution < -0.4 is 51.4 Å². The molecule has 0 amide bonds. The van der Waals surface area contributed by atoms with Crippen LogP contribution in [0.15, 0.2) is 24.3 Å². The first kappa shape index (κ1) is 32.0. The van der Waals surface area contributed by atoms with Crippen molar-refractivity contribution < 1.29 is 106 Å². The predicted octanol–water partition coefficient (Wildman–Crippen LogP) is -1.88. The van der Waals surface area contributed by atoms with E-state index in [0.717, 1.165) is 0 Å². The molecule has 0 saturated heterocycles. The van der Waals surface area contributed by atoms with Crippen molar-refractivity contribution in [2.45, 2.75) is 6.54 Å². The number of nitrogens with zero attached hydrogens (tertiary/aromatic N) is 2. The summed E-state index contributed by atoms with van der Waals surface area (Å²) in [6, 6.07) is 6.02. The third-order valence-electron chi connectivity index (χ3n) is 3.39. The Morgan fingerprint density at radius 1 is 0.833 bits per heavy atom. The van der Waals surface area contributed by atoms with Crippen LogP contribution in [0.4, 0.5) is 0 Å². The van der Waals surface area contributed by atoms with Crippen LogP contribution in [0.3, 0.4) is 0 Å². The third kappa shape index (κ3) is 16.5. The smallest absolute Gasteiger partial charge is 1.00 e. The molecule has 0 saturated carbocycles. The zero-order valence-corrected chi connectivity index (χ0v) is 22.4.